The van der Waals surface area contributed by atoms with Crippen molar-refractivity contribution in [3.63, 3.8) is 0 Å². The van der Waals surface area contributed by atoms with Gasteiger partial charge in [-0.2, -0.15) is 0 Å². The van der Waals surface area contributed by atoms with Crippen molar-refractivity contribution in [1.82, 2.24) is 15.1 Å². The molecule has 50 heavy (non-hydrogen) atoms. The van der Waals surface area contributed by atoms with E-state index in [9.17, 15) is 42.0 Å². The van der Waals surface area contributed by atoms with E-state index in [0.717, 1.165) is 32.6 Å². The molecule has 0 aromatic heterocycles. The summed E-state index contributed by atoms with van der Waals surface area (Å²) < 4.78 is 57.8. The molecule has 4 N–H and O–H groups in total. The highest BCUT2D eigenvalue weighted by Crippen LogP contribution is 2.11. The van der Waals surface area contributed by atoms with Gasteiger partial charge in [0.25, 0.3) is 5.78 Å². The number of esters is 2. The number of hydrogen-bond donors (Lipinski definition) is 4. The van der Waals surface area contributed by atoms with Gasteiger partial charge in [0.1, 0.15) is 27.3 Å². The van der Waals surface area contributed by atoms with Gasteiger partial charge in [-0.15, -0.1) is 0 Å². The summed E-state index contributed by atoms with van der Waals surface area (Å²) in [6.45, 7) is 10.9. The van der Waals surface area contributed by atoms with Gasteiger partial charge in [0.15, 0.2) is 0 Å². The maximum Gasteiger partial charge on any atom is 0.382 e. The molecule has 22 heteroatoms. The topological polar surface area (TPSA) is 287 Å². The molecule has 0 saturated carbocycles. The minimum Gasteiger partial charge on any atom is -0.481 e. The molecule has 4 aliphatic heterocycles. The Morgan fingerprint density at radius 3 is 1.60 bits per heavy atom. The fourth-order valence-electron chi connectivity index (χ4n) is 3.83. The van der Waals surface area contributed by atoms with Crippen LogP contribution < -0.4 is 5.32 Å². The highest BCUT2D eigenvalue weighted by atomic mass is 32.2. The van der Waals surface area contributed by atoms with Gasteiger partial charge >= 0.3 is 23.9 Å². The molecule has 0 spiro atoms. The second-order valence-electron chi connectivity index (χ2n) is 10.6. The predicted molar refractivity (Wildman–Crippen MR) is 173 cm³/mol. The molecule has 2 unspecified atom stereocenters. The van der Waals surface area contributed by atoms with Crippen molar-refractivity contribution in [1.29, 1.82) is 0 Å². The average molecular weight is 760 g/mol. The van der Waals surface area contributed by atoms with Crippen molar-refractivity contribution in [3.05, 3.63) is 12.2 Å². The molecule has 2 amide bonds. The largest absolute Gasteiger partial charge is 0.481 e. The number of aliphatic carboxylic acids is 2. The first-order chi connectivity index (χ1) is 23.3. The summed E-state index contributed by atoms with van der Waals surface area (Å²) in [5, 5.41) is 20.6. The van der Waals surface area contributed by atoms with Crippen LogP contribution in [0.15, 0.2) is 12.2 Å². The Balaban J connectivity index is 0.000000658. The summed E-state index contributed by atoms with van der Waals surface area (Å²) in [6.07, 6.45) is 1.36. The zero-order chi connectivity index (χ0) is 38.3. The van der Waals surface area contributed by atoms with E-state index in [1.165, 1.54) is 11.2 Å². The molecule has 286 valence electrons. The number of cyclic esters (lactones) is 2. The lowest BCUT2D eigenvalue weighted by molar-refractivity contribution is -0.154. The van der Waals surface area contributed by atoms with Crippen LogP contribution in [-0.2, 0) is 73.4 Å². The number of hydrogen-bond acceptors (Lipinski definition) is 15. The highest BCUT2D eigenvalue weighted by molar-refractivity contribution is 7.90. The molecule has 2 atom stereocenters. The number of carbonyl (C=O) groups excluding carboxylic acids is 5. The Morgan fingerprint density at radius 1 is 0.880 bits per heavy atom. The molecule has 4 saturated heterocycles. The van der Waals surface area contributed by atoms with E-state index in [0.29, 0.717) is 52.6 Å². The Labute approximate surface area is 291 Å². The van der Waals surface area contributed by atoms with E-state index < -0.39 is 68.7 Å². The minimum atomic E-state index is -3.42. The Morgan fingerprint density at radius 2 is 1.32 bits per heavy atom. The summed E-state index contributed by atoms with van der Waals surface area (Å²) in [4.78, 5) is 77.8. The zero-order valence-corrected chi connectivity index (χ0v) is 29.5. The number of ether oxygens (including phenoxy) is 4. The number of morpholine rings is 3. The number of rotatable bonds is 8. The lowest BCUT2D eigenvalue weighted by atomic mass is 10.1. The smallest absolute Gasteiger partial charge is 0.382 e. The molecule has 0 aromatic carbocycles. The van der Waals surface area contributed by atoms with Crippen molar-refractivity contribution in [2.24, 2.45) is 5.92 Å². The first kappa shape index (κ1) is 46.3. The van der Waals surface area contributed by atoms with Crippen LogP contribution >= 0.6 is 0 Å². The fraction of sp³-hybridized carbons (Fsp3) is 0.679. The SMILES string of the molecule is C1COCCN1.C=C(CC(=O)N1CCOCC1)C(=O)O.CS(=O)(=O)CC(CC(=O)N1CCOCC1)C(=O)O.CS(=O)O.O=C1CC(=O)C(=O)O1. The molecule has 20 nitrogen and oxygen atoms in total. The summed E-state index contributed by atoms with van der Waals surface area (Å²) in [5.41, 5.74) is -0.0681. The first-order valence-corrected chi connectivity index (χ1v) is 18.5. The number of Topliss-reactive ketones (excluding diaryl/α,β-unsaturated/α-hetero) is 1. The molecular formula is C28H45N3O17S2. The van der Waals surface area contributed by atoms with Gasteiger partial charge < -0.3 is 48.8 Å². The highest BCUT2D eigenvalue weighted by Gasteiger charge is 2.30. The predicted octanol–water partition coefficient (Wildman–Crippen LogP) is -2.67. The number of carboxylic acids is 2. The van der Waals surface area contributed by atoms with Gasteiger partial charge in [0.05, 0.1) is 57.7 Å². The van der Waals surface area contributed by atoms with E-state index in [4.69, 9.17) is 33.2 Å². The van der Waals surface area contributed by atoms with E-state index in [1.807, 2.05) is 0 Å². The number of carboxylic acid groups (broad SMARTS) is 2. The number of sulfone groups is 1. The van der Waals surface area contributed by atoms with Crippen molar-refractivity contribution < 1.29 is 79.9 Å². The Bertz CT molecular complexity index is 1270. The number of carbonyl (C=O) groups is 7. The first-order valence-electron chi connectivity index (χ1n) is 14.9. The number of ketones is 1. The van der Waals surface area contributed by atoms with Crippen molar-refractivity contribution in [3.8, 4) is 0 Å². The zero-order valence-electron chi connectivity index (χ0n) is 27.9. The summed E-state index contributed by atoms with van der Waals surface area (Å²) in [7, 11) is -3.42. The maximum atomic E-state index is 11.8. The third kappa shape index (κ3) is 23.6. The third-order valence-electron chi connectivity index (χ3n) is 6.25. The van der Waals surface area contributed by atoms with Crippen LogP contribution in [0.4, 0.5) is 0 Å². The summed E-state index contributed by atoms with van der Waals surface area (Å²) in [5.74, 6) is -7.15. The average Bonchev–Trinajstić information content (AvgIpc) is 3.35. The molecule has 4 fully saturated rings. The molecule has 4 heterocycles. The minimum absolute atomic E-state index is 0.0681. The number of amides is 2. The maximum absolute atomic E-state index is 11.8. The Hall–Kier alpha value is -3.67. The second kappa shape index (κ2) is 25.3. The summed E-state index contributed by atoms with van der Waals surface area (Å²) >= 11 is -1.61. The molecule has 4 rings (SSSR count). The van der Waals surface area contributed by atoms with Gasteiger partial charge in [-0.1, -0.05) is 6.58 Å². The van der Waals surface area contributed by atoms with E-state index in [2.05, 4.69) is 16.6 Å². The van der Waals surface area contributed by atoms with Gasteiger partial charge in [-0.05, 0) is 0 Å². The normalized spacial score (nSPS) is 18.4. The quantitative estimate of drug-likeness (QED) is 0.0645. The second-order valence-corrected chi connectivity index (χ2v) is 13.6. The van der Waals surface area contributed by atoms with Crippen LogP contribution in [0.3, 0.4) is 0 Å². The Kier molecular flexibility index (Phi) is 23.4. The molecule has 0 bridgehead atoms. The van der Waals surface area contributed by atoms with Crippen LogP contribution in [0.25, 0.3) is 0 Å². The monoisotopic (exact) mass is 759 g/mol. The van der Waals surface area contributed by atoms with Crippen LogP contribution in [0.2, 0.25) is 0 Å². The molecular weight excluding hydrogens is 714 g/mol. The van der Waals surface area contributed by atoms with Gasteiger partial charge in [0, 0.05) is 63.8 Å². The lowest BCUT2D eigenvalue weighted by Gasteiger charge is -2.27. The van der Waals surface area contributed by atoms with Gasteiger partial charge in [0.2, 0.25) is 11.8 Å². The summed E-state index contributed by atoms with van der Waals surface area (Å²) in [6, 6.07) is 0. The standard InChI is InChI=1S/C10H17NO6S.C9H13NO4.C4H9NO.C4H2O4.CH4O2S/c1-18(15,16)7-8(10(13)14)6-9(12)11-2-4-17-5-3-11;1-7(9(12)13)6-8(11)10-2-4-14-5-3-10;1-3-6-4-2-5-1;5-2-1-3(6)8-4(2)7;1-4(2)3/h8H,2-7H2,1H3,(H,13,14);1-6H2,(H,12,13);5H,1-4H2;1H2;1H3,(H,2,3). The molecule has 0 aromatic rings. The van der Waals surface area contributed by atoms with E-state index >= 15 is 0 Å². The number of nitrogens with zero attached hydrogens (tertiary/aromatic N) is 2. The van der Waals surface area contributed by atoms with Crippen molar-refractivity contribution >= 4 is 62.4 Å². The van der Waals surface area contributed by atoms with Crippen molar-refractivity contribution in [2.45, 2.75) is 19.3 Å². The fourth-order valence-corrected chi connectivity index (χ4v) is 4.83. The van der Waals surface area contributed by atoms with Crippen LogP contribution in [-0.4, -0.2) is 176 Å². The lowest BCUT2D eigenvalue weighted by Crippen LogP contribution is -2.42. The van der Waals surface area contributed by atoms with Gasteiger partial charge in [-0.25, -0.2) is 22.2 Å². The van der Waals surface area contributed by atoms with Crippen molar-refractivity contribution in [2.75, 3.05) is 97.2 Å². The van der Waals surface area contributed by atoms with Crippen LogP contribution in [0.1, 0.15) is 19.3 Å². The van der Waals surface area contributed by atoms with Gasteiger partial charge in [-0.3, -0.25) is 24.0 Å². The number of nitrogens with one attached hydrogen (secondary N) is 1. The molecule has 0 aliphatic carbocycles. The van der Waals surface area contributed by atoms with E-state index in [1.54, 1.807) is 4.90 Å². The third-order valence-corrected chi connectivity index (χ3v) is 7.26. The van der Waals surface area contributed by atoms with E-state index in [-0.39, 0.29) is 30.2 Å². The van der Waals surface area contributed by atoms with Crippen LogP contribution in [0.5, 0.6) is 0 Å². The molecule has 4 aliphatic rings. The molecule has 0 radical (unpaired) electrons. The van der Waals surface area contributed by atoms with Crippen LogP contribution in [0, 0.1) is 5.92 Å².